The molecule has 1 aromatic heterocycles. The largest absolute Gasteiger partial charge is 0.480 e. The number of carbonyl (C=O) groups excluding carboxylic acids is 1. The van der Waals surface area contributed by atoms with Gasteiger partial charge in [-0.25, -0.2) is 4.98 Å². The van der Waals surface area contributed by atoms with Crippen molar-refractivity contribution >= 4 is 5.91 Å². The molecule has 1 aliphatic carbocycles. The molecule has 0 radical (unpaired) electrons. The highest BCUT2D eigenvalue weighted by Gasteiger charge is 2.46. The topological polar surface area (TPSA) is 65.9 Å². The number of likely N-dealkylation sites (N-methyl/N-ethyl adjacent to an activating group) is 1. The average Bonchev–Trinajstić information content (AvgIpc) is 3.20. The predicted molar refractivity (Wildman–Crippen MR) is 111 cm³/mol. The number of ether oxygens (including phenoxy) is 1. The fraction of sp³-hybridized carbons (Fsp3) is 0.478. The number of aliphatic hydroxyl groups excluding tert-OH is 1. The molecule has 1 aromatic carbocycles. The van der Waals surface area contributed by atoms with Crippen molar-refractivity contribution in [3.05, 3.63) is 58.8 Å². The summed E-state index contributed by atoms with van der Waals surface area (Å²) in [5.74, 6) is 0.265. The lowest BCUT2D eigenvalue weighted by molar-refractivity contribution is -0.0612. The van der Waals surface area contributed by atoms with Crippen molar-refractivity contribution in [3.8, 4) is 5.88 Å². The lowest BCUT2D eigenvalue weighted by Gasteiger charge is -2.49. The van der Waals surface area contributed by atoms with Gasteiger partial charge in [0.25, 0.3) is 5.91 Å². The second-order valence-electron chi connectivity index (χ2n) is 8.21. The molecule has 0 unspecified atom stereocenters. The van der Waals surface area contributed by atoms with Crippen LogP contribution < -0.4 is 4.74 Å². The summed E-state index contributed by atoms with van der Waals surface area (Å²) in [6.45, 7) is 0.829. The lowest BCUT2D eigenvalue weighted by atomic mass is 9.77. The van der Waals surface area contributed by atoms with Gasteiger partial charge in [0.1, 0.15) is 5.56 Å². The Bertz CT molecular complexity index is 900. The SMILES string of the molecule is COc1nc2c(cc1C(=O)N1CC[C@@](c3ccccc3)(N(C)C)[C@H](O)C1)CCC2. The monoisotopic (exact) mass is 395 g/mol. The molecule has 1 aliphatic heterocycles. The normalized spacial score (nSPS) is 23.9. The number of methoxy groups -OCH3 is 1. The number of rotatable bonds is 4. The van der Waals surface area contributed by atoms with Gasteiger partial charge in [-0.05, 0) is 57.0 Å². The molecule has 6 nitrogen and oxygen atoms in total. The zero-order valence-corrected chi connectivity index (χ0v) is 17.4. The fourth-order valence-electron chi connectivity index (χ4n) is 4.88. The molecular weight excluding hydrogens is 366 g/mol. The molecule has 2 atom stereocenters. The predicted octanol–water partition coefficient (Wildman–Crippen LogP) is 2.24. The van der Waals surface area contributed by atoms with Crippen molar-refractivity contribution < 1.29 is 14.6 Å². The Morgan fingerprint density at radius 3 is 2.69 bits per heavy atom. The number of carbonyl (C=O) groups is 1. The van der Waals surface area contributed by atoms with E-state index in [9.17, 15) is 9.90 Å². The quantitative estimate of drug-likeness (QED) is 0.860. The zero-order valence-electron chi connectivity index (χ0n) is 17.4. The van der Waals surface area contributed by atoms with Crippen LogP contribution in [-0.2, 0) is 18.4 Å². The molecule has 2 aromatic rings. The van der Waals surface area contributed by atoms with Crippen LogP contribution in [0.15, 0.2) is 36.4 Å². The summed E-state index contributed by atoms with van der Waals surface area (Å²) in [7, 11) is 5.53. The first-order valence-electron chi connectivity index (χ1n) is 10.2. The van der Waals surface area contributed by atoms with E-state index in [0.29, 0.717) is 24.4 Å². The molecule has 0 saturated carbocycles. The van der Waals surface area contributed by atoms with E-state index >= 15 is 0 Å². The van der Waals surface area contributed by atoms with Crippen LogP contribution in [0.4, 0.5) is 0 Å². The van der Waals surface area contributed by atoms with Crippen molar-refractivity contribution in [3.63, 3.8) is 0 Å². The Morgan fingerprint density at radius 1 is 1.28 bits per heavy atom. The number of fused-ring (bicyclic) bond motifs is 1. The number of hydrogen-bond donors (Lipinski definition) is 1. The van der Waals surface area contributed by atoms with E-state index in [0.717, 1.165) is 36.1 Å². The smallest absolute Gasteiger partial charge is 0.259 e. The summed E-state index contributed by atoms with van der Waals surface area (Å²) in [5, 5.41) is 11.2. The van der Waals surface area contributed by atoms with Gasteiger partial charge in [0.2, 0.25) is 5.88 Å². The van der Waals surface area contributed by atoms with Crippen LogP contribution in [0, 0.1) is 0 Å². The van der Waals surface area contributed by atoms with Crippen molar-refractivity contribution in [2.75, 3.05) is 34.3 Å². The molecule has 0 bridgehead atoms. The van der Waals surface area contributed by atoms with Gasteiger partial charge in [0, 0.05) is 18.8 Å². The molecular formula is C23H29N3O3. The summed E-state index contributed by atoms with van der Waals surface area (Å²) in [6, 6.07) is 12.0. The Labute approximate surface area is 172 Å². The maximum Gasteiger partial charge on any atom is 0.259 e. The standard InChI is InChI=1S/C23H29N3O3/c1-25(2)23(17-9-5-4-6-10-17)12-13-26(15-20(23)27)22(28)18-14-16-8-7-11-19(16)24-21(18)29-3/h4-6,9-10,14,20,27H,7-8,11-13,15H2,1-3H3/t20-,23+/m1/s1. The first-order chi connectivity index (χ1) is 14.0. The molecule has 0 spiro atoms. The van der Waals surface area contributed by atoms with Crippen LogP contribution in [0.3, 0.4) is 0 Å². The van der Waals surface area contributed by atoms with Gasteiger partial charge in [-0.15, -0.1) is 0 Å². The molecule has 1 fully saturated rings. The van der Waals surface area contributed by atoms with Crippen molar-refractivity contribution in [1.82, 2.24) is 14.8 Å². The van der Waals surface area contributed by atoms with E-state index in [-0.39, 0.29) is 12.5 Å². The minimum atomic E-state index is -0.703. The third kappa shape index (κ3) is 3.30. The third-order valence-electron chi connectivity index (χ3n) is 6.51. The van der Waals surface area contributed by atoms with Crippen LogP contribution in [-0.4, -0.2) is 66.2 Å². The van der Waals surface area contributed by atoms with Gasteiger partial charge < -0.3 is 14.7 Å². The van der Waals surface area contributed by atoms with Crippen LogP contribution in [0.1, 0.15) is 40.0 Å². The number of benzene rings is 1. The molecule has 2 aliphatic rings. The number of β-amino-alcohol motifs (C(OH)–C–C–N with tert-alkyl or cyclic N) is 1. The first kappa shape index (κ1) is 19.9. The second kappa shape index (κ2) is 7.76. The number of amides is 1. The van der Waals surface area contributed by atoms with Crippen LogP contribution in [0.5, 0.6) is 5.88 Å². The molecule has 154 valence electrons. The van der Waals surface area contributed by atoms with Gasteiger partial charge in [0.05, 0.1) is 18.8 Å². The van der Waals surface area contributed by atoms with Crippen molar-refractivity contribution in [1.29, 1.82) is 0 Å². The van der Waals surface area contributed by atoms with Crippen molar-refractivity contribution in [2.24, 2.45) is 0 Å². The molecule has 4 rings (SSSR count). The van der Waals surface area contributed by atoms with E-state index in [1.807, 2.05) is 50.5 Å². The van der Waals surface area contributed by atoms with E-state index < -0.39 is 11.6 Å². The molecule has 1 N–H and O–H groups in total. The maximum absolute atomic E-state index is 13.3. The molecule has 6 heteroatoms. The minimum absolute atomic E-state index is 0.122. The van der Waals surface area contributed by atoms with Crippen LogP contribution in [0.25, 0.3) is 0 Å². The van der Waals surface area contributed by atoms with E-state index in [2.05, 4.69) is 9.88 Å². The third-order valence-corrected chi connectivity index (χ3v) is 6.51. The van der Waals surface area contributed by atoms with E-state index in [1.54, 1.807) is 12.0 Å². The number of likely N-dealkylation sites (tertiary alicyclic amines) is 1. The number of nitrogens with zero attached hydrogens (tertiary/aromatic N) is 3. The lowest BCUT2D eigenvalue weighted by Crippen LogP contribution is -2.60. The number of aliphatic hydroxyl groups is 1. The fourth-order valence-corrected chi connectivity index (χ4v) is 4.88. The Hall–Kier alpha value is -2.44. The first-order valence-corrected chi connectivity index (χ1v) is 10.2. The van der Waals surface area contributed by atoms with Gasteiger partial charge in [-0.2, -0.15) is 0 Å². The Morgan fingerprint density at radius 2 is 2.03 bits per heavy atom. The molecule has 2 heterocycles. The highest BCUT2D eigenvalue weighted by Crippen LogP contribution is 2.38. The molecule has 29 heavy (non-hydrogen) atoms. The minimum Gasteiger partial charge on any atom is -0.480 e. The highest BCUT2D eigenvalue weighted by atomic mass is 16.5. The summed E-state index contributed by atoms with van der Waals surface area (Å²) >= 11 is 0. The summed E-state index contributed by atoms with van der Waals surface area (Å²) in [5.41, 5.74) is 3.23. The number of aromatic nitrogens is 1. The van der Waals surface area contributed by atoms with Gasteiger partial charge in [0.15, 0.2) is 0 Å². The summed E-state index contributed by atoms with van der Waals surface area (Å²) in [6.07, 6.45) is 2.90. The zero-order chi connectivity index (χ0) is 20.6. The summed E-state index contributed by atoms with van der Waals surface area (Å²) in [4.78, 5) is 21.7. The Kier molecular flexibility index (Phi) is 5.32. The second-order valence-corrected chi connectivity index (χ2v) is 8.21. The van der Waals surface area contributed by atoms with Crippen molar-refractivity contribution in [2.45, 2.75) is 37.3 Å². The van der Waals surface area contributed by atoms with Gasteiger partial charge in [-0.3, -0.25) is 9.69 Å². The van der Waals surface area contributed by atoms with Crippen LogP contribution >= 0.6 is 0 Å². The number of aryl methyl sites for hydroxylation is 2. The van der Waals surface area contributed by atoms with Gasteiger partial charge in [-0.1, -0.05) is 30.3 Å². The summed E-state index contributed by atoms with van der Waals surface area (Å²) < 4.78 is 5.43. The molecule has 1 saturated heterocycles. The average molecular weight is 396 g/mol. The number of pyridine rings is 1. The maximum atomic E-state index is 13.3. The molecule has 1 amide bonds. The van der Waals surface area contributed by atoms with E-state index in [1.165, 1.54) is 0 Å². The van der Waals surface area contributed by atoms with E-state index in [4.69, 9.17) is 4.74 Å². The van der Waals surface area contributed by atoms with Crippen LogP contribution in [0.2, 0.25) is 0 Å². The number of hydrogen-bond acceptors (Lipinski definition) is 5. The Balaban J connectivity index is 1.61. The highest BCUT2D eigenvalue weighted by molar-refractivity contribution is 5.96. The van der Waals surface area contributed by atoms with Gasteiger partial charge >= 0.3 is 0 Å². The number of piperidine rings is 1.